The molecule has 0 saturated heterocycles. The summed E-state index contributed by atoms with van der Waals surface area (Å²) in [5, 5.41) is 17.9. The summed E-state index contributed by atoms with van der Waals surface area (Å²) in [7, 11) is 0. The molecule has 0 aliphatic heterocycles. The Hall–Kier alpha value is -4.20. The third kappa shape index (κ3) is 6.16. The monoisotopic (exact) mass is 447 g/mol. The van der Waals surface area contributed by atoms with Crippen LogP contribution in [0.3, 0.4) is 0 Å². The molecule has 170 valence electrons. The molecule has 1 amide bonds. The molecule has 4 N–H and O–H groups in total. The van der Waals surface area contributed by atoms with Crippen molar-refractivity contribution in [2.24, 2.45) is 0 Å². The van der Waals surface area contributed by atoms with Crippen LogP contribution in [0.4, 0.5) is 17.1 Å². The Bertz CT molecular complexity index is 1210. The Morgan fingerprint density at radius 1 is 0.970 bits per heavy atom. The molecule has 0 bridgehead atoms. The summed E-state index contributed by atoms with van der Waals surface area (Å²) in [5.41, 5.74) is 0.942. The largest absolute Gasteiger partial charge is 0.480 e. The minimum absolute atomic E-state index is 0.00920. The van der Waals surface area contributed by atoms with E-state index in [9.17, 15) is 24.3 Å². The van der Waals surface area contributed by atoms with Gasteiger partial charge in [-0.1, -0.05) is 49.4 Å². The molecule has 0 radical (unpaired) electrons. The van der Waals surface area contributed by atoms with Gasteiger partial charge in [0.05, 0.1) is 0 Å². The van der Waals surface area contributed by atoms with Crippen molar-refractivity contribution in [3.8, 4) is 0 Å². The molecule has 0 saturated carbocycles. The van der Waals surface area contributed by atoms with Crippen LogP contribution in [0.15, 0.2) is 70.3 Å². The van der Waals surface area contributed by atoms with E-state index in [1.165, 1.54) is 6.08 Å². The number of hydrogen-bond acceptors (Lipinski definition) is 6. The maximum atomic E-state index is 12.1. The number of carboxylic acid groups (broad SMARTS) is 1. The van der Waals surface area contributed by atoms with Crippen LogP contribution >= 0.6 is 0 Å². The first kappa shape index (κ1) is 23.5. The van der Waals surface area contributed by atoms with Gasteiger partial charge in [0.25, 0.3) is 10.9 Å². The number of carboxylic acids is 1. The molecule has 0 aliphatic rings. The van der Waals surface area contributed by atoms with Gasteiger partial charge in [0.1, 0.15) is 17.4 Å². The van der Waals surface area contributed by atoms with Crippen LogP contribution in [-0.4, -0.2) is 29.6 Å². The van der Waals surface area contributed by atoms with Crippen molar-refractivity contribution in [2.75, 3.05) is 22.5 Å². The van der Waals surface area contributed by atoms with Gasteiger partial charge in [0, 0.05) is 24.7 Å². The minimum atomic E-state index is -1.15. The van der Waals surface area contributed by atoms with Gasteiger partial charge in [-0.05, 0) is 35.8 Å². The molecule has 1 unspecified atom stereocenters. The van der Waals surface area contributed by atoms with E-state index in [1.54, 1.807) is 30.3 Å². The molecule has 3 aromatic carbocycles. The standard InChI is InChI=1S/C25H25N3O5/c1-2-14-26-21-22(24(31)23(21)30)28-19(25(32)33)15-17-8-11-18(12-9-17)27-20(29)13-10-16-6-4-3-5-7-16/h3-13,19,26,28H,2,14-15H2,1H3,(H,27,29)(H,32,33). The lowest BCUT2D eigenvalue weighted by atomic mass is 10.0. The second-order valence-corrected chi connectivity index (χ2v) is 7.50. The fourth-order valence-electron chi connectivity index (χ4n) is 3.20. The number of rotatable bonds is 11. The average molecular weight is 447 g/mol. The van der Waals surface area contributed by atoms with Gasteiger partial charge in [-0.2, -0.15) is 0 Å². The van der Waals surface area contributed by atoms with E-state index in [0.717, 1.165) is 12.0 Å². The summed E-state index contributed by atoms with van der Waals surface area (Å²) in [6, 6.07) is 15.1. The first-order valence-corrected chi connectivity index (χ1v) is 10.6. The van der Waals surface area contributed by atoms with Crippen molar-refractivity contribution >= 4 is 35.0 Å². The molecular formula is C25H25N3O5. The summed E-state index contributed by atoms with van der Waals surface area (Å²) in [6.07, 6.45) is 3.98. The van der Waals surface area contributed by atoms with Gasteiger partial charge < -0.3 is 21.1 Å². The van der Waals surface area contributed by atoms with Gasteiger partial charge in [-0.3, -0.25) is 14.4 Å². The topological polar surface area (TPSA) is 125 Å². The summed E-state index contributed by atoms with van der Waals surface area (Å²) in [4.78, 5) is 47.5. The van der Waals surface area contributed by atoms with Crippen molar-refractivity contribution in [1.29, 1.82) is 0 Å². The zero-order chi connectivity index (χ0) is 23.8. The minimum Gasteiger partial charge on any atom is -0.480 e. The van der Waals surface area contributed by atoms with E-state index < -0.39 is 22.9 Å². The molecule has 3 rings (SSSR count). The average Bonchev–Trinajstić information content (AvgIpc) is 2.82. The maximum Gasteiger partial charge on any atom is 0.326 e. The van der Waals surface area contributed by atoms with Crippen LogP contribution < -0.4 is 26.8 Å². The van der Waals surface area contributed by atoms with Crippen LogP contribution in [0, 0.1) is 0 Å². The van der Waals surface area contributed by atoms with Gasteiger partial charge in [-0.25, -0.2) is 4.79 Å². The van der Waals surface area contributed by atoms with Gasteiger partial charge in [0.2, 0.25) is 5.91 Å². The predicted molar refractivity (Wildman–Crippen MR) is 129 cm³/mol. The molecule has 1 atom stereocenters. The van der Waals surface area contributed by atoms with Crippen molar-refractivity contribution in [1.82, 2.24) is 0 Å². The van der Waals surface area contributed by atoms with Crippen molar-refractivity contribution in [3.05, 3.63) is 92.2 Å². The van der Waals surface area contributed by atoms with E-state index in [1.807, 2.05) is 37.3 Å². The lowest BCUT2D eigenvalue weighted by Crippen LogP contribution is -2.42. The number of aliphatic carboxylic acids is 1. The number of anilines is 3. The number of nitrogens with one attached hydrogen (secondary N) is 3. The Morgan fingerprint density at radius 2 is 1.64 bits per heavy atom. The smallest absolute Gasteiger partial charge is 0.326 e. The first-order valence-electron chi connectivity index (χ1n) is 10.6. The first-order chi connectivity index (χ1) is 15.9. The summed E-state index contributed by atoms with van der Waals surface area (Å²) in [6.45, 7) is 2.42. The van der Waals surface area contributed by atoms with Gasteiger partial charge in [0.15, 0.2) is 0 Å². The third-order valence-corrected chi connectivity index (χ3v) is 4.97. The second kappa shape index (κ2) is 10.9. The highest BCUT2D eigenvalue weighted by Gasteiger charge is 2.26. The number of hydrogen-bond donors (Lipinski definition) is 4. The highest BCUT2D eigenvalue weighted by molar-refractivity contribution is 6.01. The lowest BCUT2D eigenvalue weighted by Gasteiger charge is -2.20. The number of amides is 1. The molecule has 0 fully saturated rings. The van der Waals surface area contributed by atoms with Crippen LogP contribution in [-0.2, 0) is 16.0 Å². The normalized spacial score (nSPS) is 11.9. The highest BCUT2D eigenvalue weighted by atomic mass is 16.4. The quantitative estimate of drug-likeness (QED) is 0.263. The van der Waals surface area contributed by atoms with E-state index in [4.69, 9.17) is 0 Å². The molecule has 0 heterocycles. The second-order valence-electron chi connectivity index (χ2n) is 7.50. The summed E-state index contributed by atoms with van der Waals surface area (Å²) in [5.74, 6) is -1.43. The molecule has 3 aromatic rings. The van der Waals surface area contributed by atoms with Gasteiger partial charge in [-0.15, -0.1) is 0 Å². The zero-order valence-electron chi connectivity index (χ0n) is 18.1. The molecule has 0 aliphatic carbocycles. The Balaban J connectivity index is 1.61. The SMILES string of the molecule is CCCNc1c(NC(Cc2ccc(NC(=O)C=Cc3ccccc3)cc2)C(=O)O)c(=O)c1=O. The number of benzene rings is 2. The van der Waals surface area contributed by atoms with E-state index in [2.05, 4.69) is 16.0 Å². The van der Waals surface area contributed by atoms with E-state index in [0.29, 0.717) is 17.8 Å². The molecule has 33 heavy (non-hydrogen) atoms. The Kier molecular flexibility index (Phi) is 7.75. The molecule has 0 spiro atoms. The number of carbonyl (C=O) groups is 2. The zero-order valence-corrected chi connectivity index (χ0v) is 18.1. The number of carbonyl (C=O) groups excluding carboxylic acids is 1. The fourth-order valence-corrected chi connectivity index (χ4v) is 3.20. The van der Waals surface area contributed by atoms with E-state index in [-0.39, 0.29) is 23.7 Å². The molecule has 0 aromatic heterocycles. The van der Waals surface area contributed by atoms with Crippen molar-refractivity contribution in [2.45, 2.75) is 25.8 Å². The van der Waals surface area contributed by atoms with Gasteiger partial charge >= 0.3 is 5.97 Å². The predicted octanol–water partition coefficient (Wildman–Crippen LogP) is 2.86. The van der Waals surface area contributed by atoms with Crippen LogP contribution in [0.2, 0.25) is 0 Å². The molecular weight excluding hydrogens is 422 g/mol. The molecule has 8 nitrogen and oxygen atoms in total. The van der Waals surface area contributed by atoms with Crippen molar-refractivity contribution in [3.63, 3.8) is 0 Å². The fraction of sp³-hybridized carbons (Fsp3) is 0.200. The van der Waals surface area contributed by atoms with Crippen LogP contribution in [0.5, 0.6) is 0 Å². The van der Waals surface area contributed by atoms with Crippen molar-refractivity contribution < 1.29 is 14.7 Å². The summed E-state index contributed by atoms with van der Waals surface area (Å²) < 4.78 is 0. The Morgan fingerprint density at radius 3 is 2.27 bits per heavy atom. The van der Waals surface area contributed by atoms with Crippen LogP contribution in [0.25, 0.3) is 6.08 Å². The highest BCUT2D eigenvalue weighted by Crippen LogP contribution is 2.18. The maximum absolute atomic E-state index is 12.1. The Labute approximate surface area is 190 Å². The van der Waals surface area contributed by atoms with Crippen LogP contribution in [0.1, 0.15) is 24.5 Å². The van der Waals surface area contributed by atoms with E-state index >= 15 is 0 Å². The third-order valence-electron chi connectivity index (χ3n) is 4.97. The molecule has 8 heteroatoms. The lowest BCUT2D eigenvalue weighted by molar-refractivity contribution is -0.137. The summed E-state index contributed by atoms with van der Waals surface area (Å²) >= 11 is 0.